The largest absolute Gasteiger partial charge is 0.478 e. The van der Waals surface area contributed by atoms with Crippen LogP contribution in [0.4, 0.5) is 0 Å². The smallest absolute Gasteiger partial charge is 0.339 e. The predicted molar refractivity (Wildman–Crippen MR) is 71.3 cm³/mol. The highest BCUT2D eigenvalue weighted by Gasteiger charge is 2.22. The third-order valence-electron chi connectivity index (χ3n) is 3.62. The van der Waals surface area contributed by atoms with Gasteiger partial charge in [-0.05, 0) is 20.2 Å². The Hall–Kier alpha value is -1.37. The molecule has 1 aromatic rings. The van der Waals surface area contributed by atoms with Crippen LogP contribution in [0.25, 0.3) is 0 Å². The Morgan fingerprint density at radius 1 is 1.53 bits per heavy atom. The summed E-state index contributed by atoms with van der Waals surface area (Å²) in [7, 11) is 4.24. The van der Waals surface area contributed by atoms with E-state index in [4.69, 9.17) is 9.52 Å². The fraction of sp³-hybridized carbons (Fsp3) is 0.615. The van der Waals surface area contributed by atoms with Crippen molar-refractivity contribution >= 4 is 5.97 Å². The van der Waals surface area contributed by atoms with Gasteiger partial charge in [0.15, 0.2) is 0 Å². The van der Waals surface area contributed by atoms with Gasteiger partial charge in [0, 0.05) is 32.2 Å². The molecular formula is C13H21N3O3. The summed E-state index contributed by atoms with van der Waals surface area (Å²) in [5.74, 6) is -0.459. The molecule has 6 heteroatoms. The highest BCUT2D eigenvalue weighted by molar-refractivity contribution is 5.88. The topological polar surface area (TPSA) is 69.0 Å². The molecule has 2 N–H and O–H groups in total. The molecule has 0 amide bonds. The van der Waals surface area contributed by atoms with E-state index < -0.39 is 5.97 Å². The maximum atomic E-state index is 10.9. The zero-order valence-corrected chi connectivity index (χ0v) is 11.4. The number of carbonyl (C=O) groups is 1. The molecule has 1 atom stereocenters. The Kier molecular flexibility index (Phi) is 4.57. The molecule has 1 fully saturated rings. The highest BCUT2D eigenvalue weighted by Crippen LogP contribution is 2.10. The zero-order chi connectivity index (χ0) is 13.8. The second-order valence-electron chi connectivity index (χ2n) is 5.09. The lowest BCUT2D eigenvalue weighted by atomic mass is 10.2. The zero-order valence-electron chi connectivity index (χ0n) is 11.4. The van der Waals surface area contributed by atoms with Crippen LogP contribution in [0.3, 0.4) is 0 Å². The summed E-state index contributed by atoms with van der Waals surface area (Å²) in [4.78, 5) is 15.6. The number of aromatic carboxylic acids is 1. The minimum atomic E-state index is -0.944. The average molecular weight is 267 g/mol. The Morgan fingerprint density at radius 3 is 3.05 bits per heavy atom. The van der Waals surface area contributed by atoms with Crippen molar-refractivity contribution in [3.63, 3.8) is 0 Å². The lowest BCUT2D eigenvalue weighted by Crippen LogP contribution is -2.53. The van der Waals surface area contributed by atoms with Gasteiger partial charge in [0.05, 0.1) is 12.8 Å². The van der Waals surface area contributed by atoms with Crippen LogP contribution in [0.2, 0.25) is 0 Å². The van der Waals surface area contributed by atoms with E-state index >= 15 is 0 Å². The van der Waals surface area contributed by atoms with Crippen LogP contribution in [0.5, 0.6) is 0 Å². The minimum absolute atomic E-state index is 0.238. The van der Waals surface area contributed by atoms with Crippen molar-refractivity contribution in [1.82, 2.24) is 15.1 Å². The monoisotopic (exact) mass is 267 g/mol. The third-order valence-corrected chi connectivity index (χ3v) is 3.62. The van der Waals surface area contributed by atoms with Crippen LogP contribution in [0, 0.1) is 0 Å². The van der Waals surface area contributed by atoms with Gasteiger partial charge in [-0.15, -0.1) is 0 Å². The lowest BCUT2D eigenvalue weighted by Gasteiger charge is -2.37. The number of furan rings is 1. The average Bonchev–Trinajstić information content (AvgIpc) is 2.82. The number of carboxylic acids is 1. The number of hydrogen-bond acceptors (Lipinski definition) is 5. The maximum absolute atomic E-state index is 10.9. The SMILES string of the molecule is CN1CCN(C)C(CNCc2occc2C(=O)O)C1. The number of nitrogens with zero attached hydrogens (tertiary/aromatic N) is 2. The van der Waals surface area contributed by atoms with Gasteiger partial charge >= 0.3 is 5.97 Å². The molecule has 6 nitrogen and oxygen atoms in total. The maximum Gasteiger partial charge on any atom is 0.339 e. The number of likely N-dealkylation sites (N-methyl/N-ethyl adjacent to an activating group) is 2. The summed E-state index contributed by atoms with van der Waals surface area (Å²) in [6, 6.07) is 1.93. The number of hydrogen-bond donors (Lipinski definition) is 2. The molecule has 19 heavy (non-hydrogen) atoms. The van der Waals surface area contributed by atoms with Gasteiger partial charge in [-0.25, -0.2) is 4.79 Å². The van der Waals surface area contributed by atoms with Crippen LogP contribution >= 0.6 is 0 Å². The van der Waals surface area contributed by atoms with Crippen molar-refractivity contribution < 1.29 is 14.3 Å². The summed E-state index contributed by atoms with van der Waals surface area (Å²) in [6.45, 7) is 4.44. The van der Waals surface area contributed by atoms with E-state index in [1.54, 1.807) is 0 Å². The van der Waals surface area contributed by atoms with E-state index in [0.717, 1.165) is 26.2 Å². The van der Waals surface area contributed by atoms with Gasteiger partial charge in [-0.2, -0.15) is 0 Å². The Labute approximate surface area is 113 Å². The van der Waals surface area contributed by atoms with Crippen LogP contribution in [0.1, 0.15) is 16.1 Å². The summed E-state index contributed by atoms with van der Waals surface area (Å²) >= 11 is 0. The lowest BCUT2D eigenvalue weighted by molar-refractivity contribution is 0.0694. The molecule has 2 rings (SSSR count). The van der Waals surface area contributed by atoms with E-state index in [2.05, 4.69) is 29.2 Å². The summed E-state index contributed by atoms with van der Waals surface area (Å²) in [5.41, 5.74) is 0.238. The van der Waals surface area contributed by atoms with E-state index in [0.29, 0.717) is 18.3 Å². The molecule has 0 aliphatic carbocycles. The molecular weight excluding hydrogens is 246 g/mol. The molecule has 1 saturated heterocycles. The molecule has 2 heterocycles. The normalized spacial score (nSPS) is 21.7. The third kappa shape index (κ3) is 3.56. The van der Waals surface area contributed by atoms with Gasteiger partial charge < -0.3 is 19.7 Å². The molecule has 1 aliphatic heterocycles. The van der Waals surface area contributed by atoms with Crippen molar-refractivity contribution in [2.75, 3.05) is 40.3 Å². The summed E-state index contributed by atoms with van der Waals surface area (Å²) in [6.07, 6.45) is 1.42. The molecule has 0 bridgehead atoms. The van der Waals surface area contributed by atoms with Crippen molar-refractivity contribution in [1.29, 1.82) is 0 Å². The first-order valence-electron chi connectivity index (χ1n) is 6.47. The van der Waals surface area contributed by atoms with Crippen molar-refractivity contribution in [3.05, 3.63) is 23.7 Å². The van der Waals surface area contributed by atoms with E-state index in [-0.39, 0.29) is 5.56 Å². The van der Waals surface area contributed by atoms with Crippen molar-refractivity contribution in [3.8, 4) is 0 Å². The first-order valence-corrected chi connectivity index (χ1v) is 6.47. The minimum Gasteiger partial charge on any atom is -0.478 e. The van der Waals surface area contributed by atoms with Crippen LogP contribution in [0.15, 0.2) is 16.7 Å². The molecule has 0 saturated carbocycles. The molecule has 0 aromatic carbocycles. The molecule has 1 aromatic heterocycles. The molecule has 1 aliphatic rings. The van der Waals surface area contributed by atoms with E-state index in [1.165, 1.54) is 12.3 Å². The second-order valence-corrected chi connectivity index (χ2v) is 5.09. The van der Waals surface area contributed by atoms with Crippen LogP contribution in [-0.2, 0) is 6.54 Å². The second kappa shape index (κ2) is 6.18. The van der Waals surface area contributed by atoms with Gasteiger partial charge in [0.1, 0.15) is 11.3 Å². The van der Waals surface area contributed by atoms with E-state index in [1.807, 2.05) is 0 Å². The Balaban J connectivity index is 1.82. The molecule has 1 unspecified atom stereocenters. The molecule has 0 radical (unpaired) electrons. The number of nitrogens with one attached hydrogen (secondary N) is 1. The van der Waals surface area contributed by atoms with Gasteiger partial charge in [0.25, 0.3) is 0 Å². The standard InChI is InChI=1S/C13H21N3O3/c1-15-4-5-16(2)10(9-15)7-14-8-12-11(13(17)18)3-6-19-12/h3,6,10,14H,4-5,7-9H2,1-2H3,(H,17,18). The Bertz CT molecular complexity index is 433. The highest BCUT2D eigenvalue weighted by atomic mass is 16.4. The fourth-order valence-electron chi connectivity index (χ4n) is 2.34. The van der Waals surface area contributed by atoms with Crippen LogP contribution < -0.4 is 5.32 Å². The first-order chi connectivity index (χ1) is 9.08. The number of piperazine rings is 1. The van der Waals surface area contributed by atoms with Crippen molar-refractivity contribution in [2.45, 2.75) is 12.6 Å². The van der Waals surface area contributed by atoms with Gasteiger partial charge in [0.2, 0.25) is 0 Å². The van der Waals surface area contributed by atoms with Crippen molar-refractivity contribution in [2.24, 2.45) is 0 Å². The molecule has 106 valence electrons. The summed E-state index contributed by atoms with van der Waals surface area (Å²) < 4.78 is 5.20. The van der Waals surface area contributed by atoms with E-state index in [9.17, 15) is 4.79 Å². The predicted octanol–water partition coefficient (Wildman–Crippen LogP) is 0.313. The van der Waals surface area contributed by atoms with Gasteiger partial charge in [-0.3, -0.25) is 4.90 Å². The molecule has 0 spiro atoms. The fourth-order valence-corrected chi connectivity index (χ4v) is 2.34. The first kappa shape index (κ1) is 14.0. The number of carboxylic acid groups (broad SMARTS) is 1. The quantitative estimate of drug-likeness (QED) is 0.800. The van der Waals surface area contributed by atoms with Crippen LogP contribution in [-0.4, -0.2) is 67.2 Å². The summed E-state index contributed by atoms with van der Waals surface area (Å²) in [5, 5.41) is 12.3. The Morgan fingerprint density at radius 2 is 2.32 bits per heavy atom. The number of rotatable bonds is 5. The van der Waals surface area contributed by atoms with Gasteiger partial charge in [-0.1, -0.05) is 0 Å².